The Bertz CT molecular complexity index is 948. The zero-order valence-corrected chi connectivity index (χ0v) is 15.4. The molecule has 2 aliphatic heterocycles. The van der Waals surface area contributed by atoms with Gasteiger partial charge in [-0.25, -0.2) is 0 Å². The van der Waals surface area contributed by atoms with Crippen molar-refractivity contribution in [2.75, 3.05) is 0 Å². The van der Waals surface area contributed by atoms with Gasteiger partial charge in [0, 0.05) is 18.0 Å². The Balaban J connectivity index is 1.50. The molecule has 0 spiro atoms. The number of hydrogen-bond acceptors (Lipinski definition) is 1. The minimum atomic E-state index is 0.617. The van der Waals surface area contributed by atoms with Gasteiger partial charge in [0.05, 0.1) is 0 Å². The lowest BCUT2D eigenvalue weighted by Gasteiger charge is -2.31. The van der Waals surface area contributed by atoms with E-state index in [1.54, 1.807) is 17.1 Å². The zero-order valence-electron chi connectivity index (χ0n) is 15.4. The fourth-order valence-corrected chi connectivity index (χ4v) is 5.90. The lowest BCUT2D eigenvalue weighted by atomic mass is 9.77. The maximum atomic E-state index is 3.85. The molecule has 0 amide bonds. The van der Waals surface area contributed by atoms with E-state index in [0.717, 1.165) is 6.04 Å². The first-order valence-corrected chi connectivity index (χ1v) is 10.4. The van der Waals surface area contributed by atoms with Crippen LogP contribution < -0.4 is 5.32 Å². The van der Waals surface area contributed by atoms with E-state index in [1.807, 2.05) is 0 Å². The van der Waals surface area contributed by atoms with Gasteiger partial charge in [0.25, 0.3) is 0 Å². The molecule has 2 atom stereocenters. The van der Waals surface area contributed by atoms with Crippen LogP contribution in [0.4, 0.5) is 0 Å². The van der Waals surface area contributed by atoms with E-state index in [1.165, 1.54) is 78.8 Å². The Kier molecular flexibility index (Phi) is 3.41. The van der Waals surface area contributed by atoms with Crippen molar-refractivity contribution in [3.8, 4) is 0 Å². The Morgan fingerprint density at radius 3 is 2.81 bits per heavy atom. The Morgan fingerprint density at radius 1 is 0.808 bits per heavy atom. The van der Waals surface area contributed by atoms with Gasteiger partial charge in [0.2, 0.25) is 0 Å². The summed E-state index contributed by atoms with van der Waals surface area (Å²) in [6.07, 6.45) is 14.9. The molecule has 2 aromatic rings. The van der Waals surface area contributed by atoms with E-state index in [-0.39, 0.29) is 0 Å². The molecular formula is C25H26N. The number of benzene rings is 2. The molecule has 2 aliphatic carbocycles. The largest absolute Gasteiger partial charge is 0.310 e. The zero-order chi connectivity index (χ0) is 17.1. The molecule has 1 radical (unpaired) electrons. The fraction of sp³-hybridized carbons (Fsp3) is 0.400. The summed E-state index contributed by atoms with van der Waals surface area (Å²) in [6.45, 7) is 0. The average Bonchev–Trinajstić information content (AvgIpc) is 3.08. The maximum absolute atomic E-state index is 3.85. The van der Waals surface area contributed by atoms with E-state index >= 15 is 0 Å². The minimum Gasteiger partial charge on any atom is -0.310 e. The summed E-state index contributed by atoms with van der Waals surface area (Å²) in [5.41, 5.74) is 7.80. The molecule has 6 rings (SSSR count). The van der Waals surface area contributed by atoms with E-state index in [2.05, 4.69) is 47.8 Å². The van der Waals surface area contributed by atoms with Crippen LogP contribution >= 0.6 is 0 Å². The number of aryl methyl sites for hydroxylation is 1. The van der Waals surface area contributed by atoms with Gasteiger partial charge in [0.15, 0.2) is 0 Å². The van der Waals surface area contributed by atoms with E-state index in [9.17, 15) is 0 Å². The van der Waals surface area contributed by atoms with Gasteiger partial charge in [-0.2, -0.15) is 0 Å². The van der Waals surface area contributed by atoms with E-state index < -0.39 is 0 Å². The molecule has 2 unspecified atom stereocenters. The third-order valence-corrected chi connectivity index (χ3v) is 7.19. The molecule has 2 fully saturated rings. The molecule has 1 heteroatoms. The first-order chi connectivity index (χ1) is 12.9. The number of hydrogen-bond donors (Lipinski definition) is 1. The summed E-state index contributed by atoms with van der Waals surface area (Å²) >= 11 is 0. The van der Waals surface area contributed by atoms with Gasteiger partial charge in [0.1, 0.15) is 0 Å². The normalized spacial score (nSPS) is 27.7. The first kappa shape index (κ1) is 15.2. The third-order valence-electron chi connectivity index (χ3n) is 7.19. The van der Waals surface area contributed by atoms with Gasteiger partial charge < -0.3 is 5.32 Å². The molecule has 1 N–H and O–H groups in total. The molecule has 2 saturated heterocycles. The van der Waals surface area contributed by atoms with Crippen molar-refractivity contribution in [2.24, 2.45) is 0 Å². The predicted molar refractivity (Wildman–Crippen MR) is 109 cm³/mol. The Hall–Kier alpha value is -1.86. The van der Waals surface area contributed by atoms with Crippen LogP contribution in [0.15, 0.2) is 48.1 Å². The summed E-state index contributed by atoms with van der Waals surface area (Å²) in [6, 6.07) is 13.3. The van der Waals surface area contributed by atoms with Crippen LogP contribution in [0.2, 0.25) is 0 Å². The number of allylic oxidation sites excluding steroid dienone is 4. The van der Waals surface area contributed by atoms with Crippen molar-refractivity contribution in [2.45, 2.75) is 63.5 Å². The molecule has 4 aliphatic rings. The number of rotatable bonds is 1. The van der Waals surface area contributed by atoms with Crippen molar-refractivity contribution >= 4 is 16.3 Å². The molecule has 2 bridgehead atoms. The van der Waals surface area contributed by atoms with Crippen LogP contribution in [0.25, 0.3) is 16.3 Å². The fourth-order valence-electron chi connectivity index (χ4n) is 5.90. The highest BCUT2D eigenvalue weighted by Gasteiger charge is 2.37. The SMILES string of the molecule is C1=CC2=C(CC1)CCc1c2ccc2c([C]3CCC4CCC3N4)cccc12. The second-order valence-electron chi connectivity index (χ2n) is 8.51. The van der Waals surface area contributed by atoms with Crippen LogP contribution in [-0.4, -0.2) is 12.1 Å². The number of nitrogens with one attached hydrogen (secondary N) is 1. The van der Waals surface area contributed by atoms with Crippen molar-refractivity contribution in [3.05, 3.63) is 70.7 Å². The minimum absolute atomic E-state index is 0.617. The maximum Gasteiger partial charge on any atom is 0.0225 e. The van der Waals surface area contributed by atoms with Gasteiger partial charge in [-0.05, 0) is 84.4 Å². The predicted octanol–water partition coefficient (Wildman–Crippen LogP) is 5.73. The molecule has 0 saturated carbocycles. The average molecular weight is 340 g/mol. The molecule has 1 nitrogen and oxygen atoms in total. The number of fused-ring (bicyclic) bond motifs is 6. The van der Waals surface area contributed by atoms with Gasteiger partial charge in [-0.1, -0.05) is 48.1 Å². The van der Waals surface area contributed by atoms with E-state index in [4.69, 9.17) is 0 Å². The van der Waals surface area contributed by atoms with Crippen molar-refractivity contribution < 1.29 is 0 Å². The molecule has 0 aromatic heterocycles. The molecular weight excluding hydrogens is 314 g/mol. The lowest BCUT2D eigenvalue weighted by Crippen LogP contribution is -2.39. The summed E-state index contributed by atoms with van der Waals surface area (Å²) in [4.78, 5) is 0. The standard InChI is InChI=1S/C25H26N/c1-2-5-18-16(4-1)8-11-22-19-6-3-7-20(23(19)14-13-21(18)22)24-12-9-17-10-15-25(24)26-17/h2-3,5-7,13-14,17,25-26H,1,4,8-12,15H2. The quantitative estimate of drug-likeness (QED) is 0.699. The highest BCUT2D eigenvalue weighted by Crippen LogP contribution is 2.43. The van der Waals surface area contributed by atoms with E-state index in [0.29, 0.717) is 6.04 Å². The molecule has 2 heterocycles. The Morgan fingerprint density at radius 2 is 1.81 bits per heavy atom. The summed E-state index contributed by atoms with van der Waals surface area (Å²) in [5, 5.41) is 6.83. The van der Waals surface area contributed by atoms with Crippen LogP contribution in [-0.2, 0) is 6.42 Å². The van der Waals surface area contributed by atoms with Crippen LogP contribution in [0.3, 0.4) is 0 Å². The van der Waals surface area contributed by atoms with Crippen molar-refractivity contribution in [1.82, 2.24) is 5.32 Å². The van der Waals surface area contributed by atoms with Crippen LogP contribution in [0.1, 0.15) is 61.6 Å². The van der Waals surface area contributed by atoms with Crippen LogP contribution in [0.5, 0.6) is 0 Å². The van der Waals surface area contributed by atoms with Gasteiger partial charge in [-0.15, -0.1) is 0 Å². The number of piperidine rings is 1. The third kappa shape index (κ3) is 2.19. The van der Waals surface area contributed by atoms with Crippen LogP contribution in [0, 0.1) is 5.92 Å². The second kappa shape index (κ2) is 5.82. The monoisotopic (exact) mass is 340 g/mol. The second-order valence-corrected chi connectivity index (χ2v) is 8.51. The molecule has 2 aromatic carbocycles. The highest BCUT2D eigenvalue weighted by atomic mass is 15.0. The Labute approximate surface area is 156 Å². The molecule has 26 heavy (non-hydrogen) atoms. The topological polar surface area (TPSA) is 12.0 Å². The lowest BCUT2D eigenvalue weighted by molar-refractivity contribution is 0.445. The first-order valence-electron chi connectivity index (χ1n) is 10.4. The summed E-state index contributed by atoms with van der Waals surface area (Å²) in [5.74, 6) is 1.66. The van der Waals surface area contributed by atoms with Crippen molar-refractivity contribution in [3.63, 3.8) is 0 Å². The van der Waals surface area contributed by atoms with Crippen molar-refractivity contribution in [1.29, 1.82) is 0 Å². The smallest absolute Gasteiger partial charge is 0.0225 e. The summed E-state index contributed by atoms with van der Waals surface area (Å²) < 4.78 is 0. The molecule has 131 valence electrons. The van der Waals surface area contributed by atoms with Gasteiger partial charge in [-0.3, -0.25) is 0 Å². The van der Waals surface area contributed by atoms with Gasteiger partial charge >= 0.3 is 0 Å². The highest BCUT2D eigenvalue weighted by molar-refractivity contribution is 5.96. The summed E-state index contributed by atoms with van der Waals surface area (Å²) in [7, 11) is 0.